The van der Waals surface area contributed by atoms with Gasteiger partial charge in [-0.3, -0.25) is 19.8 Å². The molecule has 1 spiro atoms. The monoisotopic (exact) mass is 350 g/mol. The first-order valence-electron chi connectivity index (χ1n) is 7.87. The smallest absolute Gasteiger partial charge is 0.234 e. The standard InChI is InChI=1S/C17H22N2O4S/c1-22-12-7-14(24-3)13(23-2)6-11(12)9-19-5-4-17(10-19)8-15(20)18-16(17)21/h6-7H,4-5,8-10H2,1-3H3,(H,18,20,21)/t17-/m1/s1. The molecule has 3 rings (SSSR count). The molecule has 24 heavy (non-hydrogen) atoms. The van der Waals surface area contributed by atoms with Crippen LogP contribution in [0, 0.1) is 5.41 Å². The van der Waals surface area contributed by atoms with E-state index in [0.29, 0.717) is 25.9 Å². The molecule has 130 valence electrons. The highest BCUT2D eigenvalue weighted by Crippen LogP contribution is 2.40. The zero-order valence-corrected chi connectivity index (χ0v) is 15.0. The molecule has 0 aromatic heterocycles. The lowest BCUT2D eigenvalue weighted by Crippen LogP contribution is -2.34. The van der Waals surface area contributed by atoms with Crippen molar-refractivity contribution >= 4 is 23.6 Å². The van der Waals surface area contributed by atoms with Crippen molar-refractivity contribution in [2.45, 2.75) is 24.3 Å². The first-order chi connectivity index (χ1) is 11.5. The molecule has 2 saturated heterocycles. The molecular weight excluding hydrogens is 328 g/mol. The van der Waals surface area contributed by atoms with Crippen molar-refractivity contribution < 1.29 is 19.1 Å². The van der Waals surface area contributed by atoms with Crippen molar-refractivity contribution in [1.82, 2.24) is 10.2 Å². The molecule has 0 unspecified atom stereocenters. The van der Waals surface area contributed by atoms with Crippen LogP contribution in [0.15, 0.2) is 17.0 Å². The number of hydrogen-bond acceptors (Lipinski definition) is 6. The summed E-state index contributed by atoms with van der Waals surface area (Å²) in [4.78, 5) is 26.9. The third-order valence-corrected chi connectivity index (χ3v) is 5.61. The van der Waals surface area contributed by atoms with Gasteiger partial charge in [0.25, 0.3) is 0 Å². The molecule has 2 fully saturated rings. The van der Waals surface area contributed by atoms with Crippen molar-refractivity contribution in [2.24, 2.45) is 5.41 Å². The number of rotatable bonds is 5. The Balaban J connectivity index is 1.79. The van der Waals surface area contributed by atoms with Crippen molar-refractivity contribution in [1.29, 1.82) is 0 Å². The fourth-order valence-electron chi connectivity index (χ4n) is 3.57. The van der Waals surface area contributed by atoms with Gasteiger partial charge in [0.05, 0.1) is 24.5 Å². The normalized spacial score (nSPS) is 23.8. The molecule has 1 aromatic carbocycles. The van der Waals surface area contributed by atoms with Gasteiger partial charge in [0.15, 0.2) is 0 Å². The average molecular weight is 350 g/mol. The Morgan fingerprint density at radius 2 is 2.00 bits per heavy atom. The van der Waals surface area contributed by atoms with E-state index >= 15 is 0 Å². The number of methoxy groups -OCH3 is 2. The summed E-state index contributed by atoms with van der Waals surface area (Å²) in [7, 11) is 3.31. The second-order valence-electron chi connectivity index (χ2n) is 6.31. The summed E-state index contributed by atoms with van der Waals surface area (Å²) >= 11 is 1.61. The molecule has 0 radical (unpaired) electrons. The summed E-state index contributed by atoms with van der Waals surface area (Å²) in [5.74, 6) is 1.34. The summed E-state index contributed by atoms with van der Waals surface area (Å²) in [6, 6.07) is 3.98. The Labute approximate surface area is 145 Å². The SMILES string of the molecule is COc1cc(SC)c(OC)cc1CN1CC[C@@]2(CC(=O)NC2=O)C1. The fourth-order valence-corrected chi connectivity index (χ4v) is 4.14. The van der Waals surface area contributed by atoms with Gasteiger partial charge in [-0.05, 0) is 31.4 Å². The molecule has 2 aliphatic heterocycles. The first kappa shape index (κ1) is 17.1. The molecule has 0 aliphatic carbocycles. The highest BCUT2D eigenvalue weighted by Gasteiger charge is 2.50. The van der Waals surface area contributed by atoms with E-state index < -0.39 is 5.41 Å². The largest absolute Gasteiger partial charge is 0.496 e. The fraction of sp³-hybridized carbons (Fsp3) is 0.529. The van der Waals surface area contributed by atoms with Crippen molar-refractivity contribution in [3.05, 3.63) is 17.7 Å². The molecule has 0 saturated carbocycles. The minimum absolute atomic E-state index is 0.128. The van der Waals surface area contributed by atoms with Crippen LogP contribution in [-0.2, 0) is 16.1 Å². The Bertz CT molecular complexity index is 679. The number of imide groups is 1. The van der Waals surface area contributed by atoms with Crippen LogP contribution in [0.3, 0.4) is 0 Å². The molecular formula is C17H22N2O4S. The van der Waals surface area contributed by atoms with Crippen LogP contribution < -0.4 is 14.8 Å². The van der Waals surface area contributed by atoms with Crippen molar-refractivity contribution in [3.8, 4) is 11.5 Å². The van der Waals surface area contributed by atoms with E-state index in [4.69, 9.17) is 9.47 Å². The van der Waals surface area contributed by atoms with Crippen LogP contribution in [0.1, 0.15) is 18.4 Å². The van der Waals surface area contributed by atoms with E-state index in [0.717, 1.165) is 28.5 Å². The second kappa shape index (κ2) is 6.64. The molecule has 2 aliphatic rings. The lowest BCUT2D eigenvalue weighted by molar-refractivity contribution is -0.128. The molecule has 7 heteroatoms. The average Bonchev–Trinajstić information content (AvgIpc) is 3.09. The Morgan fingerprint density at radius 1 is 1.25 bits per heavy atom. The summed E-state index contributed by atoms with van der Waals surface area (Å²) in [6.07, 6.45) is 3.01. The number of nitrogens with zero attached hydrogens (tertiary/aromatic N) is 1. The van der Waals surface area contributed by atoms with Gasteiger partial charge >= 0.3 is 0 Å². The Kier molecular flexibility index (Phi) is 4.73. The van der Waals surface area contributed by atoms with E-state index in [9.17, 15) is 9.59 Å². The van der Waals surface area contributed by atoms with Gasteiger partial charge < -0.3 is 9.47 Å². The third kappa shape index (κ3) is 2.98. The van der Waals surface area contributed by atoms with Crippen LogP contribution in [0.2, 0.25) is 0 Å². The first-order valence-corrected chi connectivity index (χ1v) is 9.09. The Morgan fingerprint density at radius 3 is 2.58 bits per heavy atom. The maximum Gasteiger partial charge on any atom is 0.234 e. The number of likely N-dealkylation sites (tertiary alicyclic amines) is 1. The minimum Gasteiger partial charge on any atom is -0.496 e. The van der Waals surface area contributed by atoms with Crippen LogP contribution in [-0.4, -0.2) is 50.3 Å². The zero-order valence-electron chi connectivity index (χ0n) is 14.2. The van der Waals surface area contributed by atoms with Gasteiger partial charge in [0, 0.05) is 25.1 Å². The summed E-state index contributed by atoms with van der Waals surface area (Å²) < 4.78 is 11.0. The van der Waals surface area contributed by atoms with E-state index in [-0.39, 0.29) is 11.8 Å². The number of hydrogen-bond donors (Lipinski definition) is 1. The molecule has 1 atom stereocenters. The Hall–Kier alpha value is -1.73. The van der Waals surface area contributed by atoms with Gasteiger partial charge in [-0.25, -0.2) is 0 Å². The van der Waals surface area contributed by atoms with E-state index in [1.165, 1.54) is 0 Å². The minimum atomic E-state index is -0.548. The highest BCUT2D eigenvalue weighted by molar-refractivity contribution is 7.98. The van der Waals surface area contributed by atoms with Crippen LogP contribution in [0.4, 0.5) is 0 Å². The van der Waals surface area contributed by atoms with Gasteiger partial charge in [0.2, 0.25) is 11.8 Å². The molecule has 1 aromatic rings. The van der Waals surface area contributed by atoms with Crippen molar-refractivity contribution in [3.63, 3.8) is 0 Å². The maximum atomic E-state index is 12.1. The van der Waals surface area contributed by atoms with E-state index in [1.807, 2.05) is 18.4 Å². The third-order valence-electron chi connectivity index (χ3n) is 4.85. The van der Waals surface area contributed by atoms with Crippen LogP contribution in [0.25, 0.3) is 0 Å². The van der Waals surface area contributed by atoms with Crippen molar-refractivity contribution in [2.75, 3.05) is 33.6 Å². The number of ether oxygens (including phenoxy) is 2. The van der Waals surface area contributed by atoms with Crippen LogP contribution in [0.5, 0.6) is 11.5 Å². The molecule has 0 bridgehead atoms. The lowest BCUT2D eigenvalue weighted by atomic mass is 9.85. The van der Waals surface area contributed by atoms with Gasteiger partial charge in [-0.2, -0.15) is 0 Å². The summed E-state index contributed by atoms with van der Waals surface area (Å²) in [5.41, 5.74) is 0.474. The number of nitrogens with one attached hydrogen (secondary N) is 1. The van der Waals surface area contributed by atoms with E-state index in [1.54, 1.807) is 26.0 Å². The quantitative estimate of drug-likeness (QED) is 0.644. The number of thioether (sulfide) groups is 1. The zero-order chi connectivity index (χ0) is 17.3. The van der Waals surface area contributed by atoms with Gasteiger partial charge in [-0.15, -0.1) is 11.8 Å². The molecule has 2 heterocycles. The molecule has 1 N–H and O–H groups in total. The maximum absolute atomic E-state index is 12.1. The van der Waals surface area contributed by atoms with Gasteiger partial charge in [0.1, 0.15) is 11.5 Å². The predicted molar refractivity (Wildman–Crippen MR) is 91.4 cm³/mol. The summed E-state index contributed by atoms with van der Waals surface area (Å²) in [6.45, 7) is 2.05. The number of amides is 2. The number of benzene rings is 1. The molecule has 2 amide bonds. The topological polar surface area (TPSA) is 67.9 Å². The lowest BCUT2D eigenvalue weighted by Gasteiger charge is -2.22. The second-order valence-corrected chi connectivity index (χ2v) is 7.16. The number of carbonyl (C=O) groups excluding carboxylic acids is 2. The highest BCUT2D eigenvalue weighted by atomic mass is 32.2. The molecule has 6 nitrogen and oxygen atoms in total. The van der Waals surface area contributed by atoms with Crippen LogP contribution >= 0.6 is 11.8 Å². The van der Waals surface area contributed by atoms with E-state index in [2.05, 4.69) is 10.2 Å². The predicted octanol–water partition coefficient (Wildman–Crippen LogP) is 1.66. The number of carbonyl (C=O) groups is 2. The van der Waals surface area contributed by atoms with Gasteiger partial charge in [-0.1, -0.05) is 0 Å². The summed E-state index contributed by atoms with van der Waals surface area (Å²) in [5, 5.41) is 2.44.